The summed E-state index contributed by atoms with van der Waals surface area (Å²) in [4.78, 5) is 27.8. The SMILES string of the molecule is COc1ccccc1/C=C/C(=O)NNC(=O)CC[NH+]1CCN(c2ccccc2)CC1. The number of piperazine rings is 1. The van der Waals surface area contributed by atoms with Crippen molar-refractivity contribution < 1.29 is 19.2 Å². The van der Waals surface area contributed by atoms with E-state index in [9.17, 15) is 9.59 Å². The number of nitrogens with zero attached hydrogens (tertiary/aromatic N) is 1. The number of hydrogen-bond donors (Lipinski definition) is 3. The predicted molar refractivity (Wildman–Crippen MR) is 117 cm³/mol. The Balaban J connectivity index is 1.34. The minimum Gasteiger partial charge on any atom is -0.496 e. The summed E-state index contributed by atoms with van der Waals surface area (Å²) in [6, 6.07) is 17.8. The summed E-state index contributed by atoms with van der Waals surface area (Å²) >= 11 is 0. The van der Waals surface area contributed by atoms with E-state index in [0.29, 0.717) is 12.2 Å². The number of nitrogens with one attached hydrogen (secondary N) is 3. The number of hydrazine groups is 1. The molecule has 0 radical (unpaired) electrons. The molecule has 0 bridgehead atoms. The Labute approximate surface area is 177 Å². The average Bonchev–Trinajstić information content (AvgIpc) is 2.81. The van der Waals surface area contributed by atoms with Gasteiger partial charge in [0.15, 0.2) is 0 Å². The minimum absolute atomic E-state index is 0.188. The minimum atomic E-state index is -0.391. The van der Waals surface area contributed by atoms with E-state index in [-0.39, 0.29) is 5.91 Å². The number of carbonyl (C=O) groups is 2. The lowest BCUT2D eigenvalue weighted by molar-refractivity contribution is -0.900. The van der Waals surface area contributed by atoms with E-state index in [4.69, 9.17) is 4.74 Å². The van der Waals surface area contributed by atoms with Gasteiger partial charge in [-0.15, -0.1) is 0 Å². The first kappa shape index (κ1) is 21.4. The standard InChI is InChI=1S/C23H28N4O3/c1-30-21-10-6-5-7-19(21)11-12-22(28)24-25-23(29)13-14-26-15-17-27(18-16-26)20-8-3-2-4-9-20/h2-12H,13-18H2,1H3,(H,24,28)(H,25,29)/p+1/b12-11+. The van der Waals surface area contributed by atoms with Crippen molar-refractivity contribution in [2.45, 2.75) is 6.42 Å². The van der Waals surface area contributed by atoms with Crippen molar-refractivity contribution in [2.75, 3.05) is 44.7 Å². The van der Waals surface area contributed by atoms with Gasteiger partial charge in [-0.25, -0.2) is 0 Å². The summed E-state index contributed by atoms with van der Waals surface area (Å²) in [5.74, 6) is 0.103. The fourth-order valence-corrected chi connectivity index (χ4v) is 3.47. The molecule has 7 heteroatoms. The molecule has 3 N–H and O–H groups in total. The Kier molecular flexibility index (Phi) is 7.86. The van der Waals surface area contributed by atoms with Crippen molar-refractivity contribution in [3.05, 3.63) is 66.2 Å². The molecule has 2 aromatic carbocycles. The Morgan fingerprint density at radius 1 is 1.03 bits per heavy atom. The zero-order valence-corrected chi connectivity index (χ0v) is 17.3. The fourth-order valence-electron chi connectivity index (χ4n) is 3.47. The third-order valence-electron chi connectivity index (χ3n) is 5.18. The molecule has 1 heterocycles. The van der Waals surface area contributed by atoms with Crippen molar-refractivity contribution in [1.82, 2.24) is 10.9 Å². The summed E-state index contributed by atoms with van der Waals surface area (Å²) < 4.78 is 5.24. The van der Waals surface area contributed by atoms with Gasteiger partial charge in [0.1, 0.15) is 5.75 Å². The maximum absolute atomic E-state index is 12.1. The van der Waals surface area contributed by atoms with Gasteiger partial charge in [-0.2, -0.15) is 0 Å². The Morgan fingerprint density at radius 3 is 2.47 bits per heavy atom. The molecule has 0 saturated carbocycles. The highest BCUT2D eigenvalue weighted by Crippen LogP contribution is 2.18. The van der Waals surface area contributed by atoms with Crippen molar-refractivity contribution in [3.8, 4) is 5.75 Å². The summed E-state index contributed by atoms with van der Waals surface area (Å²) in [5, 5.41) is 0. The molecular weight excluding hydrogens is 380 g/mol. The number of rotatable bonds is 7. The second kappa shape index (κ2) is 11.0. The molecule has 1 aliphatic heterocycles. The lowest BCUT2D eigenvalue weighted by Crippen LogP contribution is -3.15. The van der Waals surface area contributed by atoms with Crippen LogP contribution in [0.3, 0.4) is 0 Å². The number of ether oxygens (including phenoxy) is 1. The third kappa shape index (κ3) is 6.35. The number of methoxy groups -OCH3 is 1. The molecule has 3 rings (SSSR count). The quantitative estimate of drug-likeness (QED) is 0.464. The first-order chi connectivity index (χ1) is 14.7. The van der Waals surface area contributed by atoms with Crippen LogP contribution in [0.15, 0.2) is 60.7 Å². The number of hydrogen-bond acceptors (Lipinski definition) is 4. The molecule has 2 aromatic rings. The van der Waals surface area contributed by atoms with Crippen LogP contribution in [-0.4, -0.2) is 51.6 Å². The molecule has 0 atom stereocenters. The van der Waals surface area contributed by atoms with Crippen LogP contribution in [-0.2, 0) is 9.59 Å². The number of amides is 2. The van der Waals surface area contributed by atoms with Gasteiger partial charge in [0.2, 0.25) is 5.91 Å². The molecule has 1 fully saturated rings. The van der Waals surface area contributed by atoms with Gasteiger partial charge in [-0.05, 0) is 24.3 Å². The van der Waals surface area contributed by atoms with Crippen LogP contribution >= 0.6 is 0 Å². The Hall–Kier alpha value is -3.32. The van der Waals surface area contributed by atoms with E-state index in [0.717, 1.165) is 38.3 Å². The number of anilines is 1. The van der Waals surface area contributed by atoms with Crippen LogP contribution in [0.1, 0.15) is 12.0 Å². The fraction of sp³-hybridized carbons (Fsp3) is 0.304. The van der Waals surface area contributed by atoms with Gasteiger partial charge in [0.25, 0.3) is 5.91 Å². The van der Waals surface area contributed by atoms with Crippen LogP contribution in [0.5, 0.6) is 5.75 Å². The van der Waals surface area contributed by atoms with E-state index in [1.54, 1.807) is 13.2 Å². The number of benzene rings is 2. The second-order valence-electron chi connectivity index (χ2n) is 7.19. The van der Waals surface area contributed by atoms with Crippen LogP contribution in [0, 0.1) is 0 Å². The maximum atomic E-state index is 12.1. The summed E-state index contributed by atoms with van der Waals surface area (Å²) in [6.07, 6.45) is 3.39. The number of para-hydroxylation sites is 2. The van der Waals surface area contributed by atoms with Gasteiger partial charge >= 0.3 is 0 Å². The van der Waals surface area contributed by atoms with Crippen LogP contribution in [0.2, 0.25) is 0 Å². The maximum Gasteiger partial charge on any atom is 0.262 e. The van der Waals surface area contributed by atoms with Crippen molar-refractivity contribution in [3.63, 3.8) is 0 Å². The topological polar surface area (TPSA) is 75.1 Å². The first-order valence-corrected chi connectivity index (χ1v) is 10.2. The summed E-state index contributed by atoms with van der Waals surface area (Å²) in [5.41, 5.74) is 6.94. The highest BCUT2D eigenvalue weighted by molar-refractivity contribution is 5.93. The van der Waals surface area contributed by atoms with Gasteiger partial charge in [0.05, 0.1) is 46.3 Å². The molecule has 30 heavy (non-hydrogen) atoms. The molecule has 7 nitrogen and oxygen atoms in total. The highest BCUT2D eigenvalue weighted by atomic mass is 16.5. The largest absolute Gasteiger partial charge is 0.496 e. The van der Waals surface area contributed by atoms with Crippen LogP contribution in [0.25, 0.3) is 6.08 Å². The van der Waals surface area contributed by atoms with Gasteiger partial charge in [-0.3, -0.25) is 20.4 Å². The highest BCUT2D eigenvalue weighted by Gasteiger charge is 2.20. The average molecular weight is 410 g/mol. The Morgan fingerprint density at radius 2 is 1.73 bits per heavy atom. The summed E-state index contributed by atoms with van der Waals surface area (Å²) in [7, 11) is 1.58. The molecule has 1 aliphatic rings. The zero-order chi connectivity index (χ0) is 21.2. The van der Waals surface area contributed by atoms with E-state index in [1.165, 1.54) is 16.7 Å². The van der Waals surface area contributed by atoms with Gasteiger partial charge < -0.3 is 14.5 Å². The molecule has 0 aliphatic carbocycles. The summed E-state index contributed by atoms with van der Waals surface area (Å²) in [6.45, 7) is 4.70. The van der Waals surface area contributed by atoms with E-state index in [2.05, 4.69) is 40.0 Å². The molecule has 158 valence electrons. The van der Waals surface area contributed by atoms with E-state index in [1.807, 2.05) is 30.3 Å². The first-order valence-electron chi connectivity index (χ1n) is 10.2. The van der Waals surface area contributed by atoms with Crippen LogP contribution < -0.4 is 25.4 Å². The van der Waals surface area contributed by atoms with Crippen molar-refractivity contribution in [1.29, 1.82) is 0 Å². The molecule has 0 spiro atoms. The molecule has 0 aromatic heterocycles. The predicted octanol–water partition coefficient (Wildman–Crippen LogP) is 0.651. The smallest absolute Gasteiger partial charge is 0.262 e. The molecular formula is C23H29N4O3+. The Bertz CT molecular complexity index is 862. The molecule has 2 amide bonds. The normalized spacial score (nSPS) is 14.5. The van der Waals surface area contributed by atoms with Crippen molar-refractivity contribution >= 4 is 23.6 Å². The monoisotopic (exact) mass is 409 g/mol. The van der Waals surface area contributed by atoms with E-state index < -0.39 is 5.91 Å². The number of carbonyl (C=O) groups excluding carboxylic acids is 2. The van der Waals surface area contributed by atoms with E-state index >= 15 is 0 Å². The lowest BCUT2D eigenvalue weighted by Gasteiger charge is -2.33. The number of quaternary nitrogens is 1. The van der Waals surface area contributed by atoms with Gasteiger partial charge in [-0.1, -0.05) is 36.4 Å². The molecule has 1 saturated heterocycles. The third-order valence-corrected chi connectivity index (χ3v) is 5.18. The van der Waals surface area contributed by atoms with Gasteiger partial charge in [0, 0.05) is 17.3 Å². The van der Waals surface area contributed by atoms with Crippen LogP contribution in [0.4, 0.5) is 5.69 Å². The van der Waals surface area contributed by atoms with Crippen molar-refractivity contribution in [2.24, 2.45) is 0 Å². The molecule has 0 unspecified atom stereocenters. The second-order valence-corrected chi connectivity index (χ2v) is 7.19. The lowest BCUT2D eigenvalue weighted by atomic mass is 10.2. The zero-order valence-electron chi connectivity index (χ0n) is 17.3.